The van der Waals surface area contributed by atoms with E-state index >= 15 is 0 Å². The maximum Gasteiger partial charge on any atom is 0.278 e. The van der Waals surface area contributed by atoms with E-state index in [1.54, 1.807) is 17.1 Å². The standard InChI is InChI=1S/C25H30N6O2/c1-15(2)30-23(32)20-13-27-24(28-18-7-6-17-12-26-9-8-16(17)10-18)29-22(20)31(30)19-11-21(33-14-19)25(3,4)5/h6-7,10-11,13-15,26H,8-9,12H2,1-5H3,(H,27,28,29). The molecule has 1 aliphatic heterocycles. The van der Waals surface area contributed by atoms with Crippen LogP contribution in [0.1, 0.15) is 57.5 Å². The minimum Gasteiger partial charge on any atom is -0.466 e. The Hall–Kier alpha value is -3.39. The van der Waals surface area contributed by atoms with E-state index in [1.165, 1.54) is 11.1 Å². The van der Waals surface area contributed by atoms with E-state index in [0.29, 0.717) is 17.0 Å². The van der Waals surface area contributed by atoms with Crippen LogP contribution in [-0.2, 0) is 18.4 Å². The van der Waals surface area contributed by atoms with Gasteiger partial charge in [0.2, 0.25) is 5.95 Å². The molecule has 4 heterocycles. The summed E-state index contributed by atoms with van der Waals surface area (Å²) >= 11 is 0. The van der Waals surface area contributed by atoms with Crippen LogP contribution in [0.3, 0.4) is 0 Å². The summed E-state index contributed by atoms with van der Waals surface area (Å²) in [4.78, 5) is 22.4. The average Bonchev–Trinajstić information content (AvgIpc) is 3.37. The van der Waals surface area contributed by atoms with E-state index in [0.717, 1.165) is 36.6 Å². The van der Waals surface area contributed by atoms with E-state index in [2.05, 4.69) is 48.5 Å². The van der Waals surface area contributed by atoms with E-state index in [1.807, 2.05) is 30.7 Å². The van der Waals surface area contributed by atoms with Gasteiger partial charge in [-0.2, -0.15) is 4.98 Å². The molecule has 8 heteroatoms. The number of furan rings is 1. The number of aromatic nitrogens is 4. The minimum absolute atomic E-state index is 0.0645. The van der Waals surface area contributed by atoms with Crippen molar-refractivity contribution in [1.82, 2.24) is 24.6 Å². The van der Waals surface area contributed by atoms with Gasteiger partial charge in [-0.3, -0.25) is 4.79 Å². The molecule has 3 aromatic heterocycles. The molecule has 0 fully saturated rings. The number of fused-ring (bicyclic) bond motifs is 2. The van der Waals surface area contributed by atoms with Crippen LogP contribution in [-0.4, -0.2) is 25.9 Å². The highest BCUT2D eigenvalue weighted by Gasteiger charge is 2.24. The fourth-order valence-corrected chi connectivity index (χ4v) is 4.29. The first kappa shape index (κ1) is 21.5. The van der Waals surface area contributed by atoms with Gasteiger partial charge in [0.05, 0.1) is 0 Å². The zero-order valence-corrected chi connectivity index (χ0v) is 19.8. The predicted octanol–water partition coefficient (Wildman–Crippen LogP) is 4.44. The molecule has 0 spiro atoms. The second kappa shape index (κ2) is 7.88. The third-order valence-electron chi connectivity index (χ3n) is 6.03. The Bertz CT molecular complexity index is 1390. The molecular formula is C25H30N6O2. The third kappa shape index (κ3) is 3.84. The van der Waals surface area contributed by atoms with Gasteiger partial charge in [0, 0.05) is 36.0 Å². The van der Waals surface area contributed by atoms with Gasteiger partial charge >= 0.3 is 0 Å². The van der Waals surface area contributed by atoms with Crippen LogP contribution in [0.4, 0.5) is 11.6 Å². The summed E-state index contributed by atoms with van der Waals surface area (Å²) in [7, 11) is 0. The second-order valence-corrected chi connectivity index (χ2v) is 9.94. The third-order valence-corrected chi connectivity index (χ3v) is 6.03. The Labute approximate surface area is 192 Å². The maximum absolute atomic E-state index is 13.2. The van der Waals surface area contributed by atoms with E-state index < -0.39 is 0 Å². The quantitative estimate of drug-likeness (QED) is 0.482. The number of hydrogen-bond acceptors (Lipinski definition) is 6. The van der Waals surface area contributed by atoms with Crippen molar-refractivity contribution in [3.63, 3.8) is 0 Å². The summed E-state index contributed by atoms with van der Waals surface area (Å²) < 4.78 is 9.40. The lowest BCUT2D eigenvalue weighted by Crippen LogP contribution is -2.24. The molecule has 0 aliphatic carbocycles. The predicted molar refractivity (Wildman–Crippen MR) is 130 cm³/mol. The van der Waals surface area contributed by atoms with Crippen LogP contribution in [0.15, 0.2) is 45.9 Å². The lowest BCUT2D eigenvalue weighted by atomic mass is 9.93. The molecule has 1 aliphatic rings. The summed E-state index contributed by atoms with van der Waals surface area (Å²) in [5, 5.41) is 7.19. The van der Waals surface area contributed by atoms with Crippen LogP contribution >= 0.6 is 0 Å². The molecule has 5 rings (SSSR count). The molecule has 0 bridgehead atoms. The van der Waals surface area contributed by atoms with Crippen LogP contribution in [0.5, 0.6) is 0 Å². The molecule has 0 radical (unpaired) electrons. The van der Waals surface area contributed by atoms with Crippen molar-refractivity contribution in [3.05, 3.63) is 64.0 Å². The summed E-state index contributed by atoms with van der Waals surface area (Å²) in [6.45, 7) is 12.1. The van der Waals surface area contributed by atoms with Gasteiger partial charge in [-0.15, -0.1) is 0 Å². The number of nitrogens with one attached hydrogen (secondary N) is 2. The van der Waals surface area contributed by atoms with Gasteiger partial charge in [0.25, 0.3) is 5.56 Å². The molecule has 33 heavy (non-hydrogen) atoms. The van der Waals surface area contributed by atoms with Crippen LogP contribution in [0, 0.1) is 0 Å². The first-order chi connectivity index (χ1) is 15.7. The van der Waals surface area contributed by atoms with Gasteiger partial charge < -0.3 is 15.1 Å². The molecule has 4 aromatic rings. The summed E-state index contributed by atoms with van der Waals surface area (Å²) in [5.74, 6) is 1.30. The van der Waals surface area contributed by atoms with Gasteiger partial charge in [0.15, 0.2) is 5.65 Å². The Morgan fingerprint density at radius 3 is 2.73 bits per heavy atom. The lowest BCUT2D eigenvalue weighted by Gasteiger charge is -2.18. The first-order valence-corrected chi connectivity index (χ1v) is 11.4. The van der Waals surface area contributed by atoms with Gasteiger partial charge in [0.1, 0.15) is 23.1 Å². The highest BCUT2D eigenvalue weighted by atomic mass is 16.3. The highest BCUT2D eigenvalue weighted by Crippen LogP contribution is 2.28. The number of benzene rings is 1. The second-order valence-electron chi connectivity index (χ2n) is 9.94. The molecule has 0 unspecified atom stereocenters. The maximum atomic E-state index is 13.2. The molecule has 0 amide bonds. The van der Waals surface area contributed by atoms with E-state index in [9.17, 15) is 4.79 Å². The van der Waals surface area contributed by atoms with Crippen molar-refractivity contribution < 1.29 is 4.42 Å². The monoisotopic (exact) mass is 446 g/mol. The number of rotatable bonds is 4. The zero-order chi connectivity index (χ0) is 23.3. The molecule has 0 saturated carbocycles. The van der Waals surface area contributed by atoms with Crippen molar-refractivity contribution in [1.29, 1.82) is 0 Å². The van der Waals surface area contributed by atoms with Crippen LogP contribution in [0.25, 0.3) is 16.7 Å². The molecule has 2 N–H and O–H groups in total. The smallest absolute Gasteiger partial charge is 0.278 e. The van der Waals surface area contributed by atoms with Crippen molar-refractivity contribution in [2.75, 3.05) is 11.9 Å². The molecule has 8 nitrogen and oxygen atoms in total. The Kier molecular flexibility index (Phi) is 5.12. The van der Waals surface area contributed by atoms with Crippen molar-refractivity contribution >= 4 is 22.7 Å². The average molecular weight is 447 g/mol. The summed E-state index contributed by atoms with van der Waals surface area (Å²) in [5.41, 5.74) is 4.64. The molecule has 1 aromatic carbocycles. The summed E-state index contributed by atoms with van der Waals surface area (Å²) in [6, 6.07) is 8.24. The van der Waals surface area contributed by atoms with Crippen molar-refractivity contribution in [2.24, 2.45) is 0 Å². The SMILES string of the molecule is CC(C)n1c(=O)c2cnc(Nc3ccc4c(c3)CCNC4)nc2n1-c1coc(C(C)(C)C)c1. The Morgan fingerprint density at radius 2 is 2.00 bits per heavy atom. The number of nitrogens with zero attached hydrogens (tertiary/aromatic N) is 4. The van der Waals surface area contributed by atoms with E-state index in [4.69, 9.17) is 9.40 Å². The zero-order valence-electron chi connectivity index (χ0n) is 19.8. The van der Waals surface area contributed by atoms with Crippen molar-refractivity contribution in [3.8, 4) is 5.69 Å². The van der Waals surface area contributed by atoms with Crippen LogP contribution < -0.4 is 16.2 Å². The van der Waals surface area contributed by atoms with Gasteiger partial charge in [-0.25, -0.2) is 14.3 Å². The molecule has 172 valence electrons. The highest BCUT2D eigenvalue weighted by molar-refractivity contribution is 5.77. The van der Waals surface area contributed by atoms with Crippen molar-refractivity contribution in [2.45, 2.75) is 59.0 Å². The molecular weight excluding hydrogens is 416 g/mol. The van der Waals surface area contributed by atoms with Crippen LogP contribution in [0.2, 0.25) is 0 Å². The van der Waals surface area contributed by atoms with Gasteiger partial charge in [-0.1, -0.05) is 26.8 Å². The molecule has 0 saturated heterocycles. The Morgan fingerprint density at radius 1 is 1.18 bits per heavy atom. The summed E-state index contributed by atoms with van der Waals surface area (Å²) in [6.07, 6.45) is 4.29. The normalized spacial score (nSPS) is 14.1. The van der Waals surface area contributed by atoms with E-state index in [-0.39, 0.29) is 17.0 Å². The largest absolute Gasteiger partial charge is 0.466 e. The fraction of sp³-hybridized carbons (Fsp3) is 0.400. The fourth-order valence-electron chi connectivity index (χ4n) is 4.29. The molecule has 0 atom stereocenters. The topological polar surface area (TPSA) is 89.9 Å². The first-order valence-electron chi connectivity index (χ1n) is 11.4. The Balaban J connectivity index is 1.61. The van der Waals surface area contributed by atoms with Gasteiger partial charge in [-0.05, 0) is 50.1 Å². The lowest BCUT2D eigenvalue weighted by molar-refractivity contribution is 0.408. The number of anilines is 2. The minimum atomic E-state index is -0.145. The number of hydrogen-bond donors (Lipinski definition) is 2.